The fraction of sp³-hybridized carbons (Fsp3) is 0.579. The molecule has 1 saturated carbocycles. The van der Waals surface area contributed by atoms with Gasteiger partial charge in [0, 0.05) is 22.5 Å². The van der Waals surface area contributed by atoms with E-state index in [1.807, 2.05) is 36.0 Å². The first-order valence-corrected chi connectivity index (χ1v) is 10.9. The van der Waals surface area contributed by atoms with E-state index in [4.69, 9.17) is 28.8 Å². The first kappa shape index (κ1) is 19.0. The van der Waals surface area contributed by atoms with Crippen LogP contribution in [0.25, 0.3) is 0 Å². The van der Waals surface area contributed by atoms with Crippen molar-refractivity contribution in [3.05, 3.63) is 29.3 Å². The number of hydrogen-bond donors (Lipinski definition) is 1. The monoisotopic (exact) mass is 395 g/mol. The summed E-state index contributed by atoms with van der Waals surface area (Å²) in [6.45, 7) is 3.14. The topological polar surface area (TPSA) is 27.6 Å². The SMILES string of the molecule is CC1CN(C(=S)Nc2cccc(Cl)c2)/C(=N\C2CCCCCCC2)S1. The van der Waals surface area contributed by atoms with Gasteiger partial charge in [-0.15, -0.1) is 0 Å². The van der Waals surface area contributed by atoms with Gasteiger partial charge in [-0.3, -0.25) is 9.89 Å². The van der Waals surface area contributed by atoms with Crippen LogP contribution in [0.5, 0.6) is 0 Å². The van der Waals surface area contributed by atoms with Crippen LogP contribution in [0, 0.1) is 0 Å². The minimum absolute atomic E-state index is 0.449. The Bertz CT molecular complexity index is 627. The molecule has 1 atom stereocenters. The fourth-order valence-corrected chi connectivity index (χ4v) is 4.98. The van der Waals surface area contributed by atoms with Crippen molar-refractivity contribution in [3.8, 4) is 0 Å². The zero-order valence-corrected chi connectivity index (χ0v) is 17.1. The van der Waals surface area contributed by atoms with Crippen LogP contribution in [-0.2, 0) is 0 Å². The predicted octanol–water partition coefficient (Wildman–Crippen LogP) is 5.94. The summed E-state index contributed by atoms with van der Waals surface area (Å²) in [5, 5.41) is 6.32. The van der Waals surface area contributed by atoms with Crippen molar-refractivity contribution in [3.63, 3.8) is 0 Å². The van der Waals surface area contributed by atoms with E-state index in [0.717, 1.165) is 17.4 Å². The minimum Gasteiger partial charge on any atom is -0.332 e. The molecule has 0 amide bonds. The zero-order valence-electron chi connectivity index (χ0n) is 14.7. The van der Waals surface area contributed by atoms with Gasteiger partial charge in [0.1, 0.15) is 0 Å². The lowest BCUT2D eigenvalue weighted by atomic mass is 9.97. The normalized spacial score (nSPS) is 24.2. The highest BCUT2D eigenvalue weighted by molar-refractivity contribution is 8.14. The van der Waals surface area contributed by atoms with Crippen LogP contribution in [0.4, 0.5) is 5.69 Å². The number of benzene rings is 1. The number of hydrogen-bond acceptors (Lipinski definition) is 3. The number of halogens is 1. The molecular formula is C19H26ClN3S2. The summed E-state index contributed by atoms with van der Waals surface area (Å²) in [6.07, 6.45) is 9.10. The second-order valence-electron chi connectivity index (χ2n) is 6.89. The summed E-state index contributed by atoms with van der Waals surface area (Å²) >= 11 is 13.6. The van der Waals surface area contributed by atoms with E-state index in [9.17, 15) is 0 Å². The number of thiocarbonyl (C=S) groups is 1. The Balaban J connectivity index is 1.69. The molecule has 2 aliphatic rings. The van der Waals surface area contributed by atoms with Crippen LogP contribution in [0.3, 0.4) is 0 Å². The van der Waals surface area contributed by atoms with Gasteiger partial charge >= 0.3 is 0 Å². The number of amidine groups is 1. The first-order valence-electron chi connectivity index (χ1n) is 9.20. The second kappa shape index (κ2) is 9.24. The van der Waals surface area contributed by atoms with Crippen LogP contribution in [0.1, 0.15) is 51.9 Å². The molecule has 136 valence electrons. The lowest BCUT2D eigenvalue weighted by Gasteiger charge is -2.22. The fourth-order valence-electron chi connectivity index (χ4n) is 3.36. The van der Waals surface area contributed by atoms with Crippen LogP contribution in [-0.4, -0.2) is 33.0 Å². The van der Waals surface area contributed by atoms with Crippen LogP contribution in [0.15, 0.2) is 29.3 Å². The Labute approximate surface area is 165 Å². The molecule has 1 aliphatic heterocycles. The smallest absolute Gasteiger partial charge is 0.179 e. The summed E-state index contributed by atoms with van der Waals surface area (Å²) in [6, 6.07) is 8.12. The molecule has 2 fully saturated rings. The molecule has 1 aliphatic carbocycles. The van der Waals surface area contributed by atoms with Gasteiger partial charge in [-0.2, -0.15) is 0 Å². The number of aliphatic imine (C=N–C) groups is 1. The Kier molecular flexibility index (Phi) is 7.02. The quantitative estimate of drug-likeness (QED) is 0.626. The van der Waals surface area contributed by atoms with E-state index in [0.29, 0.717) is 21.4 Å². The maximum absolute atomic E-state index is 6.07. The van der Waals surface area contributed by atoms with Crippen molar-refractivity contribution in [2.45, 2.75) is 63.2 Å². The molecule has 1 unspecified atom stereocenters. The molecular weight excluding hydrogens is 370 g/mol. The van der Waals surface area contributed by atoms with Gasteiger partial charge in [0.25, 0.3) is 0 Å². The lowest BCUT2D eigenvalue weighted by molar-refractivity contribution is 0.453. The van der Waals surface area contributed by atoms with Gasteiger partial charge in [0.2, 0.25) is 0 Å². The van der Waals surface area contributed by atoms with Crippen molar-refractivity contribution in [1.29, 1.82) is 0 Å². The molecule has 0 spiro atoms. The molecule has 0 radical (unpaired) electrons. The minimum atomic E-state index is 0.449. The Morgan fingerprint density at radius 1 is 1.24 bits per heavy atom. The van der Waals surface area contributed by atoms with Crippen molar-refractivity contribution in [1.82, 2.24) is 4.90 Å². The average Bonchev–Trinajstić information content (AvgIpc) is 2.90. The molecule has 1 N–H and O–H groups in total. The third kappa shape index (κ3) is 5.60. The van der Waals surface area contributed by atoms with Gasteiger partial charge in [-0.05, 0) is 43.3 Å². The third-order valence-electron chi connectivity index (χ3n) is 4.67. The third-order valence-corrected chi connectivity index (χ3v) is 6.31. The molecule has 0 bridgehead atoms. The van der Waals surface area contributed by atoms with Crippen molar-refractivity contribution >= 4 is 51.5 Å². The predicted molar refractivity (Wildman–Crippen MR) is 115 cm³/mol. The van der Waals surface area contributed by atoms with Crippen molar-refractivity contribution in [2.75, 3.05) is 11.9 Å². The van der Waals surface area contributed by atoms with Crippen LogP contribution >= 0.6 is 35.6 Å². The number of thioether (sulfide) groups is 1. The molecule has 1 heterocycles. The van der Waals surface area contributed by atoms with E-state index in [1.165, 1.54) is 44.9 Å². The molecule has 1 aromatic rings. The zero-order chi connectivity index (χ0) is 17.6. The molecule has 25 heavy (non-hydrogen) atoms. The maximum atomic E-state index is 6.07. The van der Waals surface area contributed by atoms with Crippen molar-refractivity contribution in [2.24, 2.45) is 4.99 Å². The summed E-state index contributed by atoms with van der Waals surface area (Å²) < 4.78 is 0. The van der Waals surface area contributed by atoms with E-state index in [2.05, 4.69) is 17.1 Å². The van der Waals surface area contributed by atoms with E-state index >= 15 is 0 Å². The lowest BCUT2D eigenvalue weighted by Crippen LogP contribution is -2.36. The number of nitrogens with zero attached hydrogens (tertiary/aromatic N) is 2. The maximum Gasteiger partial charge on any atom is 0.179 e. The van der Waals surface area contributed by atoms with Gasteiger partial charge < -0.3 is 5.32 Å². The molecule has 1 saturated heterocycles. The van der Waals surface area contributed by atoms with Crippen LogP contribution in [0.2, 0.25) is 5.02 Å². The number of anilines is 1. The highest BCUT2D eigenvalue weighted by Gasteiger charge is 2.29. The summed E-state index contributed by atoms with van der Waals surface area (Å²) in [7, 11) is 0. The van der Waals surface area contributed by atoms with E-state index in [-0.39, 0.29) is 0 Å². The molecule has 0 aromatic heterocycles. The standard InChI is InChI=1S/C19H26ClN3S2/c1-14-13-23(18(24)21-17-11-7-8-15(20)12-17)19(25-14)22-16-9-5-3-2-4-6-10-16/h7-8,11-12,14,16H,2-6,9-10,13H2,1H3,(H,21,24)/b22-19+. The largest absolute Gasteiger partial charge is 0.332 e. The highest BCUT2D eigenvalue weighted by Crippen LogP contribution is 2.29. The van der Waals surface area contributed by atoms with Gasteiger partial charge in [-0.1, -0.05) is 68.5 Å². The average molecular weight is 396 g/mol. The van der Waals surface area contributed by atoms with Gasteiger partial charge in [0.05, 0.1) is 6.04 Å². The molecule has 3 rings (SSSR count). The van der Waals surface area contributed by atoms with Gasteiger partial charge in [-0.25, -0.2) is 0 Å². The van der Waals surface area contributed by atoms with Crippen LogP contribution < -0.4 is 5.32 Å². The molecule has 6 heteroatoms. The van der Waals surface area contributed by atoms with Crippen molar-refractivity contribution < 1.29 is 0 Å². The molecule has 3 nitrogen and oxygen atoms in total. The van der Waals surface area contributed by atoms with Gasteiger partial charge in [0.15, 0.2) is 10.3 Å². The Morgan fingerprint density at radius 3 is 2.68 bits per heavy atom. The molecule has 1 aromatic carbocycles. The first-order chi connectivity index (χ1) is 12.1. The number of nitrogens with one attached hydrogen (secondary N) is 1. The summed E-state index contributed by atoms with van der Waals surface area (Å²) in [5.74, 6) is 0. The second-order valence-corrected chi connectivity index (χ2v) is 9.12. The Hall–Kier alpha value is -0.780. The summed E-state index contributed by atoms with van der Waals surface area (Å²) in [4.78, 5) is 7.26. The van der Waals surface area contributed by atoms with E-state index in [1.54, 1.807) is 0 Å². The number of rotatable bonds is 2. The van der Waals surface area contributed by atoms with E-state index < -0.39 is 0 Å². The highest BCUT2D eigenvalue weighted by atomic mass is 35.5. The Morgan fingerprint density at radius 2 is 1.96 bits per heavy atom. The summed E-state index contributed by atoms with van der Waals surface area (Å²) in [5.41, 5.74) is 0.923.